The molecule has 2 aromatic carbocycles. The molecule has 2 N–H and O–H groups in total. The van der Waals surface area contributed by atoms with Crippen molar-refractivity contribution in [2.75, 3.05) is 0 Å². The molecule has 7 nitrogen and oxygen atoms in total. The zero-order valence-electron chi connectivity index (χ0n) is 20.1. The SMILES string of the molecule is CC(C)C1(C(=O)O)NC(c2ccc(Oc3ccccc3)cc2)C2C(=O)N(C3CCCCC3)C(=O)C21. The molecule has 0 aromatic heterocycles. The third-order valence-electron chi connectivity index (χ3n) is 8.05. The van der Waals surface area contributed by atoms with E-state index in [0.717, 1.165) is 37.7 Å². The van der Waals surface area contributed by atoms with Crippen LogP contribution < -0.4 is 10.1 Å². The van der Waals surface area contributed by atoms with E-state index in [1.54, 1.807) is 13.8 Å². The van der Waals surface area contributed by atoms with E-state index in [2.05, 4.69) is 5.32 Å². The predicted molar refractivity (Wildman–Crippen MR) is 130 cm³/mol. The van der Waals surface area contributed by atoms with E-state index in [1.165, 1.54) is 4.90 Å². The molecule has 4 unspecified atom stereocenters. The van der Waals surface area contributed by atoms with Crippen LogP contribution >= 0.6 is 0 Å². The van der Waals surface area contributed by atoms with Crippen molar-refractivity contribution in [1.82, 2.24) is 10.2 Å². The highest BCUT2D eigenvalue weighted by Crippen LogP contribution is 2.52. The van der Waals surface area contributed by atoms with Crippen molar-refractivity contribution in [3.8, 4) is 11.5 Å². The molecule has 1 aliphatic carbocycles. The molecule has 2 amide bonds. The Labute approximate surface area is 205 Å². The zero-order valence-corrected chi connectivity index (χ0v) is 20.1. The van der Waals surface area contributed by atoms with Crippen LogP contribution in [0.5, 0.6) is 11.5 Å². The number of fused-ring (bicyclic) bond motifs is 1. The number of rotatable bonds is 6. The molecule has 2 heterocycles. The molecule has 184 valence electrons. The molecule has 4 atom stereocenters. The summed E-state index contributed by atoms with van der Waals surface area (Å²) in [7, 11) is 0. The van der Waals surface area contributed by atoms with E-state index in [9.17, 15) is 19.5 Å². The molecule has 3 fully saturated rings. The Morgan fingerprint density at radius 1 is 0.971 bits per heavy atom. The van der Waals surface area contributed by atoms with Gasteiger partial charge in [-0.2, -0.15) is 0 Å². The van der Waals surface area contributed by atoms with Gasteiger partial charge < -0.3 is 9.84 Å². The molecular formula is C28H32N2O5. The normalized spacial score (nSPS) is 29.0. The van der Waals surface area contributed by atoms with E-state index < -0.39 is 29.4 Å². The van der Waals surface area contributed by atoms with Gasteiger partial charge in [-0.25, -0.2) is 0 Å². The lowest BCUT2D eigenvalue weighted by atomic mass is 9.73. The van der Waals surface area contributed by atoms with Gasteiger partial charge in [0.1, 0.15) is 17.0 Å². The van der Waals surface area contributed by atoms with Gasteiger partial charge in [0.05, 0.1) is 11.8 Å². The first-order valence-electron chi connectivity index (χ1n) is 12.6. The van der Waals surface area contributed by atoms with Crippen molar-refractivity contribution in [3.63, 3.8) is 0 Å². The highest BCUT2D eigenvalue weighted by atomic mass is 16.5. The number of ether oxygens (including phenoxy) is 1. The van der Waals surface area contributed by atoms with Gasteiger partial charge in [0, 0.05) is 12.1 Å². The second-order valence-electron chi connectivity index (χ2n) is 10.3. The van der Waals surface area contributed by atoms with Gasteiger partial charge in [0.25, 0.3) is 0 Å². The standard InChI is InChI=1S/C28H32N2O5/c1-17(2)28(27(33)34)23-22(25(31)30(26(23)32)19-9-5-3-6-10-19)24(29-28)18-13-15-21(16-14-18)35-20-11-7-4-8-12-20/h4,7-8,11-17,19,22-24,29H,3,5-6,9-10H2,1-2H3,(H,33,34). The molecule has 0 bridgehead atoms. The number of likely N-dealkylation sites (tertiary alicyclic amines) is 1. The quantitative estimate of drug-likeness (QED) is 0.595. The monoisotopic (exact) mass is 476 g/mol. The van der Waals surface area contributed by atoms with Crippen molar-refractivity contribution < 1.29 is 24.2 Å². The van der Waals surface area contributed by atoms with Crippen molar-refractivity contribution in [1.29, 1.82) is 0 Å². The van der Waals surface area contributed by atoms with Gasteiger partial charge in [0.15, 0.2) is 0 Å². The van der Waals surface area contributed by atoms with Crippen LogP contribution in [0.3, 0.4) is 0 Å². The third kappa shape index (κ3) is 3.82. The first-order chi connectivity index (χ1) is 16.8. The zero-order chi connectivity index (χ0) is 24.7. The Balaban J connectivity index is 1.50. The van der Waals surface area contributed by atoms with Crippen molar-refractivity contribution in [3.05, 3.63) is 60.2 Å². The number of carboxylic acids is 1. The van der Waals surface area contributed by atoms with Crippen molar-refractivity contribution in [2.24, 2.45) is 17.8 Å². The maximum atomic E-state index is 13.8. The number of carbonyl (C=O) groups is 3. The van der Waals surface area contributed by atoms with Crippen molar-refractivity contribution >= 4 is 17.8 Å². The molecule has 0 spiro atoms. The summed E-state index contributed by atoms with van der Waals surface area (Å²) in [6.07, 6.45) is 4.66. The summed E-state index contributed by atoms with van der Waals surface area (Å²) in [5.41, 5.74) is -0.735. The highest BCUT2D eigenvalue weighted by molar-refractivity contribution is 6.09. The molecule has 3 aliphatic rings. The molecular weight excluding hydrogens is 444 g/mol. The first-order valence-corrected chi connectivity index (χ1v) is 12.6. The van der Waals surface area contributed by atoms with Crippen LogP contribution in [0.2, 0.25) is 0 Å². The van der Waals surface area contributed by atoms with E-state index in [1.807, 2.05) is 54.6 Å². The Kier molecular flexibility index (Phi) is 6.13. The highest BCUT2D eigenvalue weighted by Gasteiger charge is 2.70. The molecule has 2 aromatic rings. The lowest BCUT2D eigenvalue weighted by Gasteiger charge is -2.36. The summed E-state index contributed by atoms with van der Waals surface area (Å²) in [6.45, 7) is 3.61. The summed E-state index contributed by atoms with van der Waals surface area (Å²) >= 11 is 0. The fourth-order valence-electron chi connectivity index (χ4n) is 6.29. The second kappa shape index (κ2) is 9.11. The third-order valence-corrected chi connectivity index (χ3v) is 8.05. The van der Waals surface area contributed by atoms with Crippen LogP contribution in [-0.2, 0) is 14.4 Å². The maximum Gasteiger partial charge on any atom is 0.325 e. The Morgan fingerprint density at radius 3 is 2.20 bits per heavy atom. The second-order valence-corrected chi connectivity index (χ2v) is 10.3. The summed E-state index contributed by atoms with van der Waals surface area (Å²) in [4.78, 5) is 41.6. The molecule has 2 aliphatic heterocycles. The predicted octanol–water partition coefficient (Wildman–Crippen LogP) is 4.54. The summed E-state index contributed by atoms with van der Waals surface area (Å²) < 4.78 is 5.89. The number of aliphatic carboxylic acids is 1. The van der Waals surface area contributed by atoms with Crippen LogP contribution in [-0.4, -0.2) is 39.4 Å². The number of nitrogens with one attached hydrogen (secondary N) is 1. The lowest BCUT2D eigenvalue weighted by molar-refractivity contribution is -0.154. The number of carboxylic acid groups (broad SMARTS) is 1. The van der Waals surface area contributed by atoms with E-state index in [-0.39, 0.29) is 23.8 Å². The Morgan fingerprint density at radius 2 is 1.60 bits per heavy atom. The molecule has 5 rings (SSSR count). The molecule has 0 radical (unpaired) electrons. The smallest absolute Gasteiger partial charge is 0.325 e. The summed E-state index contributed by atoms with van der Waals surface area (Å²) in [5.74, 6) is -2.37. The van der Waals surface area contributed by atoms with Gasteiger partial charge in [-0.15, -0.1) is 0 Å². The van der Waals surface area contributed by atoms with Gasteiger partial charge in [-0.3, -0.25) is 24.6 Å². The van der Waals surface area contributed by atoms with Crippen LogP contribution in [0.25, 0.3) is 0 Å². The number of hydrogen-bond acceptors (Lipinski definition) is 5. The minimum Gasteiger partial charge on any atom is -0.480 e. The van der Waals surface area contributed by atoms with Crippen LogP contribution in [0.1, 0.15) is 57.6 Å². The van der Waals surface area contributed by atoms with E-state index in [0.29, 0.717) is 11.5 Å². The molecule has 1 saturated carbocycles. The topological polar surface area (TPSA) is 95.9 Å². The number of nitrogens with zero attached hydrogens (tertiary/aromatic N) is 1. The minimum absolute atomic E-state index is 0.129. The average Bonchev–Trinajstić information content (AvgIpc) is 3.35. The Hall–Kier alpha value is -3.19. The van der Waals surface area contributed by atoms with Crippen molar-refractivity contribution in [2.45, 2.75) is 63.6 Å². The molecule has 2 saturated heterocycles. The van der Waals surface area contributed by atoms with Crippen LogP contribution in [0, 0.1) is 17.8 Å². The number of para-hydroxylation sites is 1. The van der Waals surface area contributed by atoms with Gasteiger partial charge in [-0.1, -0.05) is 63.4 Å². The summed E-state index contributed by atoms with van der Waals surface area (Å²) in [6, 6.07) is 16.1. The fraction of sp³-hybridized carbons (Fsp3) is 0.464. The average molecular weight is 477 g/mol. The number of carbonyl (C=O) groups excluding carboxylic acids is 2. The lowest BCUT2D eigenvalue weighted by Crippen LogP contribution is -2.59. The number of benzene rings is 2. The molecule has 35 heavy (non-hydrogen) atoms. The van der Waals surface area contributed by atoms with E-state index in [4.69, 9.17) is 4.74 Å². The largest absolute Gasteiger partial charge is 0.480 e. The van der Waals surface area contributed by atoms with Gasteiger partial charge in [-0.05, 0) is 48.6 Å². The first kappa shape index (κ1) is 23.5. The van der Waals surface area contributed by atoms with Crippen LogP contribution in [0.4, 0.5) is 0 Å². The van der Waals surface area contributed by atoms with E-state index >= 15 is 0 Å². The summed E-state index contributed by atoms with van der Waals surface area (Å²) in [5, 5.41) is 13.7. The Bertz CT molecular complexity index is 1110. The minimum atomic E-state index is -1.51. The number of imide groups is 1. The number of hydrogen-bond donors (Lipinski definition) is 2. The van der Waals surface area contributed by atoms with Gasteiger partial charge >= 0.3 is 5.97 Å². The maximum absolute atomic E-state index is 13.8. The van der Waals surface area contributed by atoms with Crippen LogP contribution in [0.15, 0.2) is 54.6 Å². The molecule has 7 heteroatoms. The fourth-order valence-corrected chi connectivity index (χ4v) is 6.29. The van der Waals surface area contributed by atoms with Gasteiger partial charge in [0.2, 0.25) is 11.8 Å². The number of amides is 2.